The average Bonchev–Trinajstić information content (AvgIpc) is 2.98. The number of nitrogens with one attached hydrogen (secondary N) is 1. The highest BCUT2D eigenvalue weighted by Gasteiger charge is 2.06. The van der Waals surface area contributed by atoms with Crippen LogP contribution in [0.5, 0.6) is 0 Å². The Morgan fingerprint density at radius 3 is 3.06 bits per heavy atom. The molecule has 0 unspecified atom stereocenters. The molecule has 2 rings (SSSR count). The van der Waals surface area contributed by atoms with E-state index in [4.69, 9.17) is 4.52 Å². The normalized spacial score (nSPS) is 11.0. The minimum absolute atomic E-state index is 0.604. The second-order valence-electron chi connectivity index (χ2n) is 4.17. The summed E-state index contributed by atoms with van der Waals surface area (Å²) >= 11 is 0. The van der Waals surface area contributed by atoms with E-state index in [9.17, 15) is 0 Å². The minimum atomic E-state index is 0.604. The van der Waals surface area contributed by atoms with Crippen LogP contribution >= 0.6 is 0 Å². The molecule has 0 spiro atoms. The summed E-state index contributed by atoms with van der Waals surface area (Å²) in [5.74, 6) is 1.41. The number of imidazole rings is 1. The zero-order valence-electron chi connectivity index (χ0n) is 10.9. The van der Waals surface area contributed by atoms with Crippen LogP contribution in [-0.4, -0.2) is 26.2 Å². The van der Waals surface area contributed by atoms with Crippen LogP contribution in [0, 0.1) is 0 Å². The van der Waals surface area contributed by atoms with Crippen molar-refractivity contribution in [3.05, 3.63) is 29.9 Å². The van der Waals surface area contributed by atoms with Crippen LogP contribution in [0.25, 0.3) is 0 Å². The van der Waals surface area contributed by atoms with Gasteiger partial charge in [-0.1, -0.05) is 19.0 Å². The first-order chi connectivity index (χ1) is 8.81. The molecule has 2 aromatic heterocycles. The van der Waals surface area contributed by atoms with Crippen molar-refractivity contribution in [1.82, 2.24) is 25.0 Å². The second-order valence-corrected chi connectivity index (χ2v) is 4.17. The van der Waals surface area contributed by atoms with Crippen molar-refractivity contribution < 1.29 is 4.52 Å². The molecule has 18 heavy (non-hydrogen) atoms. The summed E-state index contributed by atoms with van der Waals surface area (Å²) in [5, 5.41) is 7.19. The average molecular weight is 249 g/mol. The Morgan fingerprint density at radius 1 is 1.39 bits per heavy atom. The smallest absolute Gasteiger partial charge is 0.226 e. The predicted octanol–water partition coefficient (Wildman–Crippen LogP) is 1.38. The van der Waals surface area contributed by atoms with Gasteiger partial charge in [-0.05, 0) is 13.0 Å². The summed E-state index contributed by atoms with van der Waals surface area (Å²) in [4.78, 5) is 8.63. The Labute approximate surface area is 106 Å². The van der Waals surface area contributed by atoms with Gasteiger partial charge in [0, 0.05) is 19.2 Å². The van der Waals surface area contributed by atoms with Crippen molar-refractivity contribution in [1.29, 1.82) is 0 Å². The van der Waals surface area contributed by atoms with Crippen molar-refractivity contribution in [3.8, 4) is 0 Å². The first kappa shape index (κ1) is 12.8. The van der Waals surface area contributed by atoms with Gasteiger partial charge < -0.3 is 14.4 Å². The van der Waals surface area contributed by atoms with E-state index in [1.807, 2.05) is 10.8 Å². The fourth-order valence-corrected chi connectivity index (χ4v) is 1.67. The summed E-state index contributed by atoms with van der Waals surface area (Å²) in [7, 11) is 0. The monoisotopic (exact) mass is 249 g/mol. The molecule has 0 aromatic carbocycles. The van der Waals surface area contributed by atoms with Crippen LogP contribution in [0.3, 0.4) is 0 Å². The van der Waals surface area contributed by atoms with E-state index in [1.165, 1.54) is 0 Å². The molecule has 6 heteroatoms. The Kier molecular flexibility index (Phi) is 4.46. The summed E-state index contributed by atoms with van der Waals surface area (Å²) in [6, 6.07) is 0. The first-order valence-electron chi connectivity index (χ1n) is 6.34. The Morgan fingerprint density at radius 2 is 2.28 bits per heavy atom. The third-order valence-electron chi connectivity index (χ3n) is 2.54. The summed E-state index contributed by atoms with van der Waals surface area (Å²) in [6.07, 6.45) is 5.64. The lowest BCUT2D eigenvalue weighted by molar-refractivity contribution is 0.371. The molecule has 0 aliphatic heterocycles. The molecule has 0 bridgehead atoms. The highest BCUT2D eigenvalue weighted by atomic mass is 16.5. The highest BCUT2D eigenvalue weighted by molar-refractivity contribution is 4.98. The summed E-state index contributed by atoms with van der Waals surface area (Å²) < 4.78 is 7.11. The van der Waals surface area contributed by atoms with Crippen molar-refractivity contribution in [2.45, 2.75) is 39.8 Å². The Hall–Kier alpha value is -1.69. The van der Waals surface area contributed by atoms with Crippen LogP contribution in [0.1, 0.15) is 37.7 Å². The molecule has 0 atom stereocenters. The maximum atomic E-state index is 5.14. The van der Waals surface area contributed by atoms with Crippen LogP contribution < -0.4 is 5.32 Å². The van der Waals surface area contributed by atoms with Crippen LogP contribution in [0.2, 0.25) is 0 Å². The molecule has 0 aliphatic rings. The van der Waals surface area contributed by atoms with Crippen LogP contribution in [-0.2, 0) is 19.5 Å². The van der Waals surface area contributed by atoms with E-state index in [1.54, 1.807) is 6.33 Å². The number of hydrogen-bond donors (Lipinski definition) is 1. The lowest BCUT2D eigenvalue weighted by Gasteiger charge is -1.96. The molecule has 0 amide bonds. The van der Waals surface area contributed by atoms with Gasteiger partial charge in [0.15, 0.2) is 5.82 Å². The zero-order chi connectivity index (χ0) is 12.8. The molecular weight excluding hydrogens is 230 g/mol. The van der Waals surface area contributed by atoms with E-state index < -0.39 is 0 Å². The van der Waals surface area contributed by atoms with Gasteiger partial charge in [-0.25, -0.2) is 4.98 Å². The highest BCUT2D eigenvalue weighted by Crippen LogP contribution is 2.04. The number of aromatic nitrogens is 4. The molecule has 0 saturated carbocycles. The SMILES string of the molecule is CCCc1nc(Cn2cnc(CNCC)c2)no1. The summed E-state index contributed by atoms with van der Waals surface area (Å²) in [6.45, 7) is 6.50. The van der Waals surface area contributed by atoms with E-state index >= 15 is 0 Å². The fourth-order valence-electron chi connectivity index (χ4n) is 1.67. The standard InChI is InChI=1S/C12H19N5O/c1-3-5-12-15-11(16-18-12)8-17-7-10(14-9-17)6-13-4-2/h7,9,13H,3-6,8H2,1-2H3. The van der Waals surface area contributed by atoms with Gasteiger partial charge in [0.05, 0.1) is 18.6 Å². The van der Waals surface area contributed by atoms with Crippen LogP contribution in [0.4, 0.5) is 0 Å². The molecule has 1 N–H and O–H groups in total. The molecular formula is C12H19N5O. The molecule has 6 nitrogen and oxygen atoms in total. The van der Waals surface area contributed by atoms with Crippen LogP contribution in [0.15, 0.2) is 17.0 Å². The fraction of sp³-hybridized carbons (Fsp3) is 0.583. The maximum Gasteiger partial charge on any atom is 0.226 e. The quantitative estimate of drug-likeness (QED) is 0.802. The van der Waals surface area contributed by atoms with E-state index in [2.05, 4.69) is 34.3 Å². The predicted molar refractivity (Wildman–Crippen MR) is 67.0 cm³/mol. The van der Waals surface area contributed by atoms with E-state index in [-0.39, 0.29) is 0 Å². The largest absolute Gasteiger partial charge is 0.339 e. The van der Waals surface area contributed by atoms with Gasteiger partial charge in [-0.3, -0.25) is 0 Å². The van der Waals surface area contributed by atoms with E-state index in [0.717, 1.165) is 31.6 Å². The van der Waals surface area contributed by atoms with Gasteiger partial charge >= 0.3 is 0 Å². The van der Waals surface area contributed by atoms with E-state index in [0.29, 0.717) is 18.3 Å². The molecule has 0 aliphatic carbocycles. The Balaban J connectivity index is 1.93. The molecule has 0 radical (unpaired) electrons. The zero-order valence-corrected chi connectivity index (χ0v) is 10.9. The second kappa shape index (κ2) is 6.30. The van der Waals surface area contributed by atoms with Crippen molar-refractivity contribution in [2.75, 3.05) is 6.54 Å². The number of aryl methyl sites for hydroxylation is 1. The van der Waals surface area contributed by atoms with Crippen molar-refractivity contribution >= 4 is 0 Å². The maximum absolute atomic E-state index is 5.14. The first-order valence-corrected chi connectivity index (χ1v) is 6.34. The van der Waals surface area contributed by atoms with Crippen molar-refractivity contribution in [2.24, 2.45) is 0 Å². The van der Waals surface area contributed by atoms with Gasteiger partial charge in [0.1, 0.15) is 0 Å². The molecule has 98 valence electrons. The lowest BCUT2D eigenvalue weighted by atomic mass is 10.3. The summed E-state index contributed by atoms with van der Waals surface area (Å²) in [5.41, 5.74) is 1.02. The molecule has 0 saturated heterocycles. The third kappa shape index (κ3) is 3.40. The third-order valence-corrected chi connectivity index (χ3v) is 2.54. The molecule has 2 heterocycles. The topological polar surface area (TPSA) is 68.8 Å². The van der Waals surface area contributed by atoms with Gasteiger partial charge in [0.25, 0.3) is 0 Å². The van der Waals surface area contributed by atoms with Crippen molar-refractivity contribution in [3.63, 3.8) is 0 Å². The Bertz CT molecular complexity index is 476. The molecule has 0 fully saturated rings. The lowest BCUT2D eigenvalue weighted by Crippen LogP contribution is -2.11. The minimum Gasteiger partial charge on any atom is -0.339 e. The van der Waals surface area contributed by atoms with Gasteiger partial charge in [-0.2, -0.15) is 4.98 Å². The van der Waals surface area contributed by atoms with Gasteiger partial charge in [-0.15, -0.1) is 0 Å². The number of hydrogen-bond acceptors (Lipinski definition) is 5. The number of nitrogens with zero attached hydrogens (tertiary/aromatic N) is 4. The molecule has 2 aromatic rings. The van der Waals surface area contributed by atoms with Gasteiger partial charge in [0.2, 0.25) is 5.89 Å². The number of rotatable bonds is 7.